The van der Waals surface area contributed by atoms with Gasteiger partial charge in [-0.2, -0.15) is 0 Å². The minimum absolute atomic E-state index is 0.123. The zero-order valence-corrected chi connectivity index (χ0v) is 11.4. The second-order valence-electron chi connectivity index (χ2n) is 5.38. The fourth-order valence-electron chi connectivity index (χ4n) is 2.38. The van der Waals surface area contributed by atoms with E-state index in [1.165, 1.54) is 15.4 Å². The van der Waals surface area contributed by atoms with E-state index in [1.807, 2.05) is 0 Å². The van der Waals surface area contributed by atoms with Crippen molar-refractivity contribution in [3.8, 4) is 0 Å². The highest BCUT2D eigenvalue weighted by molar-refractivity contribution is 5.84. The monoisotopic (exact) mass is 300 g/mol. The Bertz CT molecular complexity index is 933. The molecule has 22 heavy (non-hydrogen) atoms. The summed E-state index contributed by atoms with van der Waals surface area (Å²) in [7, 11) is 0. The number of nitrogens with one attached hydrogen (secondary N) is 1. The third kappa shape index (κ3) is 2.16. The Morgan fingerprint density at radius 1 is 1.41 bits per heavy atom. The van der Waals surface area contributed by atoms with Gasteiger partial charge in [0.25, 0.3) is 5.56 Å². The number of hydrogen-bond donors (Lipinski definition) is 2. The van der Waals surface area contributed by atoms with Crippen LogP contribution in [0.15, 0.2) is 23.1 Å². The van der Waals surface area contributed by atoms with Gasteiger partial charge in [-0.05, 0) is 12.8 Å². The first-order valence-corrected chi connectivity index (χ1v) is 6.85. The number of hydrogen-bond acceptors (Lipinski definition) is 5. The van der Waals surface area contributed by atoms with E-state index in [-0.39, 0.29) is 17.8 Å². The van der Waals surface area contributed by atoms with Crippen molar-refractivity contribution >= 4 is 11.6 Å². The number of carboxylic acid groups (broad SMARTS) is 1. The van der Waals surface area contributed by atoms with E-state index in [2.05, 4.69) is 20.4 Å². The van der Waals surface area contributed by atoms with Crippen molar-refractivity contribution in [2.45, 2.75) is 25.3 Å². The highest BCUT2D eigenvalue weighted by Gasteiger charge is 2.26. The number of H-pyrrole nitrogens is 1. The minimum Gasteiger partial charge on any atom is -0.476 e. The average molecular weight is 300 g/mol. The smallest absolute Gasteiger partial charge is 0.358 e. The molecule has 0 aromatic carbocycles. The number of fused-ring (bicyclic) bond motifs is 1. The highest BCUT2D eigenvalue weighted by Crippen LogP contribution is 2.38. The predicted molar refractivity (Wildman–Crippen MR) is 73.9 cm³/mol. The molecule has 3 aromatic rings. The van der Waals surface area contributed by atoms with Gasteiger partial charge in [0.1, 0.15) is 0 Å². The first kappa shape index (κ1) is 12.7. The molecule has 0 bridgehead atoms. The van der Waals surface area contributed by atoms with E-state index < -0.39 is 5.97 Å². The molecule has 1 aliphatic carbocycles. The molecule has 1 saturated carbocycles. The van der Waals surface area contributed by atoms with Crippen molar-refractivity contribution < 1.29 is 9.90 Å². The summed E-state index contributed by atoms with van der Waals surface area (Å²) in [5.74, 6) is -0.723. The molecule has 0 unspecified atom stereocenters. The van der Waals surface area contributed by atoms with Gasteiger partial charge < -0.3 is 5.11 Å². The molecule has 1 aliphatic rings. The van der Waals surface area contributed by atoms with E-state index in [0.717, 1.165) is 18.5 Å². The predicted octanol–water partition coefficient (Wildman–Crippen LogP) is 0.238. The SMILES string of the molecule is O=C(O)c1cn(Cc2cc3nc(C4CC4)cc(=O)n3[nH]2)nn1. The van der Waals surface area contributed by atoms with Gasteiger partial charge in [0, 0.05) is 18.1 Å². The summed E-state index contributed by atoms with van der Waals surface area (Å²) < 4.78 is 2.76. The van der Waals surface area contributed by atoms with Gasteiger partial charge in [-0.25, -0.2) is 19.0 Å². The molecular weight excluding hydrogens is 288 g/mol. The molecule has 0 spiro atoms. The van der Waals surface area contributed by atoms with Crippen LogP contribution >= 0.6 is 0 Å². The van der Waals surface area contributed by atoms with Crippen molar-refractivity contribution in [2.75, 3.05) is 0 Å². The largest absolute Gasteiger partial charge is 0.476 e. The fourth-order valence-corrected chi connectivity index (χ4v) is 2.38. The Morgan fingerprint density at radius 2 is 2.23 bits per heavy atom. The number of nitrogens with zero attached hydrogens (tertiary/aromatic N) is 5. The van der Waals surface area contributed by atoms with Crippen molar-refractivity contribution in [1.82, 2.24) is 29.6 Å². The summed E-state index contributed by atoms with van der Waals surface area (Å²) in [4.78, 5) is 27.3. The molecule has 0 saturated heterocycles. The molecule has 0 radical (unpaired) electrons. The lowest BCUT2D eigenvalue weighted by molar-refractivity contribution is 0.0690. The molecule has 1 fully saturated rings. The molecule has 0 aliphatic heterocycles. The molecule has 2 N–H and O–H groups in total. The van der Waals surface area contributed by atoms with Crippen LogP contribution in [0.3, 0.4) is 0 Å². The zero-order valence-electron chi connectivity index (χ0n) is 11.4. The lowest BCUT2D eigenvalue weighted by atomic mass is 10.3. The van der Waals surface area contributed by atoms with Gasteiger partial charge in [0.2, 0.25) is 0 Å². The van der Waals surface area contributed by atoms with Crippen LogP contribution in [0.25, 0.3) is 5.65 Å². The molecule has 112 valence electrons. The third-order valence-corrected chi connectivity index (χ3v) is 3.61. The lowest BCUT2D eigenvalue weighted by Crippen LogP contribution is -2.15. The van der Waals surface area contributed by atoms with Crippen LogP contribution in [0, 0.1) is 0 Å². The number of carboxylic acids is 1. The fraction of sp³-hybridized carbons (Fsp3) is 0.308. The van der Waals surface area contributed by atoms with Crippen LogP contribution in [0.5, 0.6) is 0 Å². The number of carbonyl (C=O) groups is 1. The van der Waals surface area contributed by atoms with Crippen LogP contribution in [-0.4, -0.2) is 40.7 Å². The first-order chi connectivity index (χ1) is 10.6. The van der Waals surface area contributed by atoms with E-state index in [9.17, 15) is 9.59 Å². The molecular formula is C13H12N6O3. The van der Waals surface area contributed by atoms with Crippen LogP contribution in [-0.2, 0) is 6.54 Å². The van der Waals surface area contributed by atoms with E-state index in [1.54, 1.807) is 12.1 Å². The lowest BCUT2D eigenvalue weighted by Gasteiger charge is -1.97. The van der Waals surface area contributed by atoms with Crippen LogP contribution in [0.2, 0.25) is 0 Å². The standard InChI is InChI=1S/C13H12N6O3/c20-12-4-9(7-1-2-7)14-11-3-8(16-19(11)12)5-18-6-10(13(21)22)15-17-18/h3-4,6-7,16H,1-2,5H2,(H,21,22). The topological polar surface area (TPSA) is 118 Å². The molecule has 9 heteroatoms. The maximum atomic E-state index is 12.1. The zero-order chi connectivity index (χ0) is 15.3. The number of aromatic amines is 1. The van der Waals surface area contributed by atoms with Gasteiger partial charge in [-0.15, -0.1) is 5.10 Å². The Labute approximate surface area is 123 Å². The summed E-state index contributed by atoms with van der Waals surface area (Å²) in [6.45, 7) is 0.280. The van der Waals surface area contributed by atoms with E-state index in [0.29, 0.717) is 17.3 Å². The second kappa shape index (κ2) is 4.52. The van der Waals surface area contributed by atoms with Crippen LogP contribution < -0.4 is 5.56 Å². The second-order valence-corrected chi connectivity index (χ2v) is 5.38. The number of aromatic carboxylic acids is 1. The van der Waals surface area contributed by atoms with Gasteiger partial charge in [0.15, 0.2) is 11.3 Å². The first-order valence-electron chi connectivity index (χ1n) is 6.85. The maximum Gasteiger partial charge on any atom is 0.358 e. The maximum absolute atomic E-state index is 12.1. The third-order valence-electron chi connectivity index (χ3n) is 3.61. The average Bonchev–Trinajstić information content (AvgIpc) is 3.08. The quantitative estimate of drug-likeness (QED) is 0.712. The molecule has 3 heterocycles. The van der Waals surface area contributed by atoms with Gasteiger partial charge in [-0.3, -0.25) is 9.89 Å². The number of aromatic nitrogens is 6. The van der Waals surface area contributed by atoms with Gasteiger partial charge in [0.05, 0.1) is 24.1 Å². The van der Waals surface area contributed by atoms with Gasteiger partial charge in [-0.1, -0.05) is 5.21 Å². The summed E-state index contributed by atoms with van der Waals surface area (Å²) >= 11 is 0. The van der Waals surface area contributed by atoms with Crippen LogP contribution in [0.1, 0.15) is 40.6 Å². The van der Waals surface area contributed by atoms with Crippen LogP contribution in [0.4, 0.5) is 0 Å². The Morgan fingerprint density at radius 3 is 2.91 bits per heavy atom. The van der Waals surface area contributed by atoms with E-state index in [4.69, 9.17) is 5.11 Å². The van der Waals surface area contributed by atoms with Crippen molar-refractivity contribution in [3.05, 3.63) is 45.8 Å². The Hall–Kier alpha value is -2.97. The van der Waals surface area contributed by atoms with Crippen molar-refractivity contribution in [3.63, 3.8) is 0 Å². The Balaban J connectivity index is 1.68. The molecule has 0 atom stereocenters. The minimum atomic E-state index is -1.13. The van der Waals surface area contributed by atoms with Crippen molar-refractivity contribution in [2.24, 2.45) is 0 Å². The summed E-state index contributed by atoms with van der Waals surface area (Å²) in [6.07, 6.45) is 3.49. The molecule has 3 aromatic heterocycles. The molecule has 0 amide bonds. The van der Waals surface area contributed by atoms with E-state index >= 15 is 0 Å². The summed E-state index contributed by atoms with van der Waals surface area (Å²) in [5, 5.41) is 19.1. The molecule has 9 nitrogen and oxygen atoms in total. The number of rotatable bonds is 4. The highest BCUT2D eigenvalue weighted by atomic mass is 16.4. The molecule has 4 rings (SSSR count). The van der Waals surface area contributed by atoms with Crippen molar-refractivity contribution in [1.29, 1.82) is 0 Å². The summed E-state index contributed by atoms with van der Waals surface area (Å²) in [6, 6.07) is 3.32. The van der Waals surface area contributed by atoms with Gasteiger partial charge >= 0.3 is 5.97 Å². The normalized spacial score (nSPS) is 14.5. The summed E-state index contributed by atoms with van der Waals surface area (Å²) in [5.41, 5.74) is 1.82. The Kier molecular flexibility index (Phi) is 2.62.